The number of carboxylic acids is 1. The molecule has 0 spiro atoms. The molecule has 1 heterocycles. The summed E-state index contributed by atoms with van der Waals surface area (Å²) in [5.74, 6) is -3.49. The van der Waals surface area contributed by atoms with Crippen molar-refractivity contribution < 1.29 is 23.8 Å². The second-order valence-corrected chi connectivity index (χ2v) is 5.10. The predicted octanol–water partition coefficient (Wildman–Crippen LogP) is 3.45. The van der Waals surface area contributed by atoms with Crippen molar-refractivity contribution in [3.05, 3.63) is 34.9 Å². The minimum Gasteiger partial charge on any atom is -0.498 e. The lowest BCUT2D eigenvalue weighted by Crippen LogP contribution is -2.02. The SMILES string of the molecule is CNc1c(O)sc(-c2ccc(C)c(F)c2F)c1C(=O)O. The van der Waals surface area contributed by atoms with E-state index in [-0.39, 0.29) is 32.3 Å². The molecule has 0 saturated heterocycles. The molecule has 4 nitrogen and oxygen atoms in total. The van der Waals surface area contributed by atoms with Crippen LogP contribution in [0.15, 0.2) is 12.1 Å². The molecule has 0 atom stereocenters. The third kappa shape index (κ3) is 2.09. The quantitative estimate of drug-likeness (QED) is 0.812. The highest BCUT2D eigenvalue weighted by Crippen LogP contribution is 2.45. The molecule has 0 aliphatic heterocycles. The van der Waals surface area contributed by atoms with E-state index >= 15 is 0 Å². The molecule has 0 unspecified atom stereocenters. The van der Waals surface area contributed by atoms with Gasteiger partial charge in [-0.1, -0.05) is 23.5 Å². The number of thiophene rings is 1. The summed E-state index contributed by atoms with van der Waals surface area (Å²) in [5.41, 5.74) is -0.361. The smallest absolute Gasteiger partial charge is 0.339 e. The summed E-state index contributed by atoms with van der Waals surface area (Å²) >= 11 is 0.681. The first-order valence-corrected chi connectivity index (χ1v) is 6.41. The van der Waals surface area contributed by atoms with Crippen molar-refractivity contribution in [2.24, 2.45) is 0 Å². The van der Waals surface area contributed by atoms with Crippen molar-refractivity contribution in [3.63, 3.8) is 0 Å². The molecule has 1 aromatic heterocycles. The van der Waals surface area contributed by atoms with Gasteiger partial charge in [0.2, 0.25) is 0 Å². The second kappa shape index (κ2) is 5.09. The molecule has 3 N–H and O–H groups in total. The summed E-state index contributed by atoms with van der Waals surface area (Å²) in [5, 5.41) is 21.2. The highest BCUT2D eigenvalue weighted by atomic mass is 32.1. The van der Waals surface area contributed by atoms with Crippen molar-refractivity contribution in [1.82, 2.24) is 0 Å². The van der Waals surface area contributed by atoms with Crippen LogP contribution >= 0.6 is 11.3 Å². The van der Waals surface area contributed by atoms with E-state index in [4.69, 9.17) is 0 Å². The zero-order valence-electron chi connectivity index (χ0n) is 10.6. The van der Waals surface area contributed by atoms with Gasteiger partial charge < -0.3 is 15.5 Å². The molecule has 2 rings (SSSR count). The molecule has 0 amide bonds. The van der Waals surface area contributed by atoms with Gasteiger partial charge in [-0.05, 0) is 12.5 Å². The van der Waals surface area contributed by atoms with Crippen LogP contribution in [0.25, 0.3) is 10.4 Å². The van der Waals surface area contributed by atoms with Crippen LogP contribution in [-0.2, 0) is 0 Å². The summed E-state index contributed by atoms with van der Waals surface area (Å²) in [7, 11) is 1.43. The van der Waals surface area contributed by atoms with E-state index in [1.54, 1.807) is 0 Å². The van der Waals surface area contributed by atoms with Crippen molar-refractivity contribution in [3.8, 4) is 15.5 Å². The maximum Gasteiger partial charge on any atom is 0.339 e. The monoisotopic (exact) mass is 299 g/mol. The van der Waals surface area contributed by atoms with E-state index in [0.29, 0.717) is 11.3 Å². The summed E-state index contributed by atoms with van der Waals surface area (Å²) in [6, 6.07) is 2.65. The van der Waals surface area contributed by atoms with Gasteiger partial charge in [0.15, 0.2) is 16.7 Å². The highest BCUT2D eigenvalue weighted by Gasteiger charge is 2.26. The molecule has 0 aliphatic rings. The molecular weight excluding hydrogens is 288 g/mol. The predicted molar refractivity (Wildman–Crippen MR) is 72.6 cm³/mol. The molecule has 0 radical (unpaired) electrons. The Hall–Kier alpha value is -2.15. The Bertz CT molecular complexity index is 697. The molecule has 2 aromatic rings. The molecule has 7 heteroatoms. The fourth-order valence-corrected chi connectivity index (χ4v) is 2.92. The maximum atomic E-state index is 14.0. The molecule has 1 aromatic carbocycles. The van der Waals surface area contributed by atoms with Crippen molar-refractivity contribution in [1.29, 1.82) is 0 Å². The summed E-state index contributed by atoms with van der Waals surface area (Å²) in [4.78, 5) is 11.3. The number of aryl methyl sites for hydroxylation is 1. The number of carbonyl (C=O) groups is 1. The van der Waals surface area contributed by atoms with Gasteiger partial charge in [-0.2, -0.15) is 0 Å². The minimum atomic E-state index is -1.33. The zero-order chi connectivity index (χ0) is 15.0. The molecule has 0 bridgehead atoms. The molecule has 0 saturated carbocycles. The highest BCUT2D eigenvalue weighted by molar-refractivity contribution is 7.18. The first-order chi connectivity index (χ1) is 9.38. The lowest BCUT2D eigenvalue weighted by atomic mass is 10.1. The van der Waals surface area contributed by atoms with Crippen LogP contribution in [0.3, 0.4) is 0 Å². The number of nitrogens with one attached hydrogen (secondary N) is 1. The largest absolute Gasteiger partial charge is 0.498 e. The van der Waals surface area contributed by atoms with Gasteiger partial charge >= 0.3 is 5.97 Å². The fraction of sp³-hybridized carbons (Fsp3) is 0.154. The van der Waals surface area contributed by atoms with Crippen LogP contribution in [0, 0.1) is 18.6 Å². The van der Waals surface area contributed by atoms with E-state index in [2.05, 4.69) is 5.32 Å². The average Bonchev–Trinajstić information content (AvgIpc) is 2.73. The van der Waals surface area contributed by atoms with E-state index < -0.39 is 17.6 Å². The summed E-state index contributed by atoms with van der Waals surface area (Å²) in [6.45, 7) is 1.41. The van der Waals surface area contributed by atoms with Crippen molar-refractivity contribution >= 4 is 23.0 Å². The molecule has 0 fully saturated rings. The minimum absolute atomic E-state index is 0.0158. The fourth-order valence-electron chi connectivity index (χ4n) is 1.87. The summed E-state index contributed by atoms with van der Waals surface area (Å²) in [6.07, 6.45) is 0. The van der Waals surface area contributed by atoms with Gasteiger partial charge in [-0.25, -0.2) is 13.6 Å². The molecule has 106 valence electrons. The third-order valence-corrected chi connectivity index (χ3v) is 3.90. The number of rotatable bonds is 3. The van der Waals surface area contributed by atoms with E-state index in [0.717, 1.165) is 0 Å². The number of anilines is 1. The number of carboxylic acid groups (broad SMARTS) is 1. The van der Waals surface area contributed by atoms with Crippen LogP contribution in [0.1, 0.15) is 15.9 Å². The normalized spacial score (nSPS) is 10.6. The standard InChI is InChI=1S/C13H11F2NO3S/c1-5-3-4-6(9(15)8(5)14)11-7(12(17)18)10(16-2)13(19)20-11/h3-4,16,19H,1-2H3,(H,17,18). The number of hydrogen-bond donors (Lipinski definition) is 3. The molecule has 20 heavy (non-hydrogen) atoms. The number of aromatic carboxylic acids is 1. The lowest BCUT2D eigenvalue weighted by molar-refractivity contribution is 0.0699. The Labute approximate surface area is 117 Å². The molecule has 0 aliphatic carbocycles. The van der Waals surface area contributed by atoms with Crippen LogP contribution < -0.4 is 5.32 Å². The summed E-state index contributed by atoms with van der Waals surface area (Å²) < 4.78 is 27.6. The van der Waals surface area contributed by atoms with Gasteiger partial charge in [0, 0.05) is 12.6 Å². The topological polar surface area (TPSA) is 69.6 Å². The lowest BCUT2D eigenvalue weighted by Gasteiger charge is -2.06. The van der Waals surface area contributed by atoms with Gasteiger partial charge in [-0.15, -0.1) is 0 Å². The zero-order valence-corrected chi connectivity index (χ0v) is 11.4. The Morgan fingerprint density at radius 1 is 1.30 bits per heavy atom. The van der Waals surface area contributed by atoms with Gasteiger partial charge in [-0.3, -0.25) is 0 Å². The van der Waals surface area contributed by atoms with Gasteiger partial charge in [0.05, 0.1) is 4.88 Å². The average molecular weight is 299 g/mol. The van der Waals surface area contributed by atoms with Gasteiger partial charge in [0.25, 0.3) is 0 Å². The Morgan fingerprint density at radius 2 is 1.95 bits per heavy atom. The van der Waals surface area contributed by atoms with E-state index in [9.17, 15) is 23.8 Å². The van der Waals surface area contributed by atoms with Crippen LogP contribution in [-0.4, -0.2) is 23.2 Å². The van der Waals surface area contributed by atoms with Crippen LogP contribution in [0.2, 0.25) is 0 Å². The number of hydrogen-bond acceptors (Lipinski definition) is 4. The van der Waals surface area contributed by atoms with Crippen LogP contribution in [0.5, 0.6) is 5.06 Å². The van der Waals surface area contributed by atoms with E-state index in [1.807, 2.05) is 0 Å². The number of halogens is 2. The number of aromatic hydroxyl groups is 1. The maximum absolute atomic E-state index is 14.0. The van der Waals surface area contributed by atoms with Crippen LogP contribution in [0.4, 0.5) is 14.5 Å². The second-order valence-electron chi connectivity index (χ2n) is 4.10. The van der Waals surface area contributed by atoms with Crippen molar-refractivity contribution in [2.45, 2.75) is 6.92 Å². The number of benzene rings is 1. The van der Waals surface area contributed by atoms with E-state index in [1.165, 1.54) is 26.1 Å². The van der Waals surface area contributed by atoms with Crippen molar-refractivity contribution in [2.75, 3.05) is 12.4 Å². The first kappa shape index (κ1) is 14.3. The Kier molecular flexibility index (Phi) is 3.63. The first-order valence-electron chi connectivity index (χ1n) is 5.60. The molecular formula is C13H11F2NO3S. The Morgan fingerprint density at radius 3 is 2.50 bits per heavy atom. The third-order valence-electron chi connectivity index (χ3n) is 2.87. The Balaban J connectivity index is 2.77. The van der Waals surface area contributed by atoms with Gasteiger partial charge in [0.1, 0.15) is 11.3 Å².